The average Bonchev–Trinajstić information content (AvgIpc) is 3.25. The van der Waals surface area contributed by atoms with Crippen LogP contribution in [0.4, 0.5) is 0 Å². The molecule has 32 heavy (non-hydrogen) atoms. The number of hydrogen-bond acceptors (Lipinski definition) is 8. The molecule has 1 aliphatic heterocycles. The highest BCUT2D eigenvalue weighted by atomic mass is 32.2. The minimum atomic E-state index is -0.221. The van der Waals surface area contributed by atoms with Crippen LogP contribution in [0, 0.1) is 13.8 Å². The lowest BCUT2D eigenvalue weighted by Gasteiger charge is -2.29. The number of amides is 1. The first kappa shape index (κ1) is 22.0. The van der Waals surface area contributed by atoms with Gasteiger partial charge in [0.1, 0.15) is 12.4 Å². The monoisotopic (exact) mass is 455 g/mol. The van der Waals surface area contributed by atoms with Crippen molar-refractivity contribution in [2.24, 2.45) is 0 Å². The van der Waals surface area contributed by atoms with Crippen LogP contribution in [-0.2, 0) is 11.4 Å². The highest BCUT2D eigenvalue weighted by Gasteiger charge is 2.24. The zero-order chi connectivity index (χ0) is 22.5. The van der Waals surface area contributed by atoms with Crippen LogP contribution in [-0.4, -0.2) is 53.1 Å². The van der Waals surface area contributed by atoms with Gasteiger partial charge in [-0.05, 0) is 43.2 Å². The number of rotatable bonds is 8. The molecule has 0 fully saturated rings. The van der Waals surface area contributed by atoms with Crippen molar-refractivity contribution in [2.45, 2.75) is 31.8 Å². The predicted octanol–water partition coefficient (Wildman–Crippen LogP) is 3.66. The third kappa shape index (κ3) is 5.53. The zero-order valence-electron chi connectivity index (χ0n) is 18.2. The van der Waals surface area contributed by atoms with Crippen molar-refractivity contribution in [3.8, 4) is 17.2 Å². The number of thioether (sulfide) groups is 1. The van der Waals surface area contributed by atoms with Crippen LogP contribution in [0.2, 0.25) is 0 Å². The Labute approximate surface area is 190 Å². The van der Waals surface area contributed by atoms with E-state index in [2.05, 4.69) is 10.2 Å². The third-order valence-corrected chi connectivity index (χ3v) is 5.74. The summed E-state index contributed by atoms with van der Waals surface area (Å²) >= 11 is 1.20. The Kier molecular flexibility index (Phi) is 6.84. The van der Waals surface area contributed by atoms with E-state index < -0.39 is 0 Å². The Morgan fingerprint density at radius 3 is 2.84 bits per heavy atom. The average molecular weight is 456 g/mol. The number of fused-ring (bicyclic) bond motifs is 1. The summed E-state index contributed by atoms with van der Waals surface area (Å²) in [6, 6.07) is 13.5. The standard InChI is InChI=1S/C23H25N3O5S/c1-15-8-9-16(2)20(10-15)29-13-21-24-25-23(31-21)32-14-22(27)26(3)11-17-12-28-18-6-4-5-7-19(18)30-17/h4-10,17H,11-14H2,1-3H3/t17-/m0/s1. The lowest BCUT2D eigenvalue weighted by Crippen LogP contribution is -2.42. The lowest BCUT2D eigenvalue weighted by atomic mass is 10.1. The summed E-state index contributed by atoms with van der Waals surface area (Å²) in [5.41, 5.74) is 2.15. The largest absolute Gasteiger partial charge is 0.486 e. The summed E-state index contributed by atoms with van der Waals surface area (Å²) in [4.78, 5) is 14.1. The lowest BCUT2D eigenvalue weighted by molar-refractivity contribution is -0.128. The molecule has 0 saturated carbocycles. The quantitative estimate of drug-likeness (QED) is 0.476. The van der Waals surface area contributed by atoms with Crippen LogP contribution < -0.4 is 14.2 Å². The highest BCUT2D eigenvalue weighted by molar-refractivity contribution is 7.99. The Hall–Kier alpha value is -3.20. The molecule has 0 spiro atoms. The molecule has 0 unspecified atom stereocenters. The Bertz CT molecular complexity index is 1090. The van der Waals surface area contributed by atoms with Crippen molar-refractivity contribution in [3.05, 3.63) is 59.5 Å². The van der Waals surface area contributed by atoms with Gasteiger partial charge in [0, 0.05) is 7.05 Å². The molecule has 1 aromatic heterocycles. The molecule has 0 aliphatic carbocycles. The van der Waals surface area contributed by atoms with Gasteiger partial charge in [-0.2, -0.15) is 0 Å². The maximum atomic E-state index is 12.5. The van der Waals surface area contributed by atoms with Gasteiger partial charge in [0.15, 0.2) is 24.2 Å². The first-order valence-corrected chi connectivity index (χ1v) is 11.2. The second-order valence-electron chi connectivity index (χ2n) is 7.58. The van der Waals surface area contributed by atoms with Crippen molar-refractivity contribution in [3.63, 3.8) is 0 Å². The summed E-state index contributed by atoms with van der Waals surface area (Å²) in [6.45, 7) is 4.98. The highest BCUT2D eigenvalue weighted by Crippen LogP contribution is 2.31. The van der Waals surface area contributed by atoms with Crippen LogP contribution in [0.5, 0.6) is 17.2 Å². The van der Waals surface area contributed by atoms with Gasteiger partial charge in [0.2, 0.25) is 5.91 Å². The minimum absolute atomic E-state index is 0.0659. The van der Waals surface area contributed by atoms with Crippen LogP contribution in [0.1, 0.15) is 17.0 Å². The summed E-state index contributed by atoms with van der Waals surface area (Å²) < 4.78 is 23.0. The molecule has 0 bridgehead atoms. The van der Waals surface area contributed by atoms with E-state index in [4.69, 9.17) is 18.6 Å². The number of carbonyl (C=O) groups excluding carboxylic acids is 1. The van der Waals surface area contributed by atoms with Gasteiger partial charge in [-0.1, -0.05) is 36.0 Å². The fourth-order valence-corrected chi connectivity index (χ4v) is 3.87. The number of nitrogens with zero attached hydrogens (tertiary/aromatic N) is 3. The molecule has 0 N–H and O–H groups in total. The van der Waals surface area contributed by atoms with E-state index in [1.54, 1.807) is 11.9 Å². The summed E-state index contributed by atoms with van der Waals surface area (Å²) in [7, 11) is 1.74. The maximum Gasteiger partial charge on any atom is 0.277 e. The fourth-order valence-electron chi connectivity index (χ4n) is 3.15. The second kappa shape index (κ2) is 9.95. The number of aryl methyl sites for hydroxylation is 2. The number of aromatic nitrogens is 2. The number of benzene rings is 2. The van der Waals surface area contributed by atoms with Crippen molar-refractivity contribution in [1.82, 2.24) is 15.1 Å². The van der Waals surface area contributed by atoms with Gasteiger partial charge in [-0.15, -0.1) is 10.2 Å². The third-order valence-electron chi connectivity index (χ3n) is 4.93. The molecule has 168 valence electrons. The summed E-state index contributed by atoms with van der Waals surface area (Å²) in [6.07, 6.45) is -0.221. The number of hydrogen-bond donors (Lipinski definition) is 0. The molecular weight excluding hydrogens is 430 g/mol. The number of likely N-dealkylation sites (N-methyl/N-ethyl adjacent to an activating group) is 1. The molecule has 0 radical (unpaired) electrons. The Morgan fingerprint density at radius 2 is 2.00 bits per heavy atom. The maximum absolute atomic E-state index is 12.5. The summed E-state index contributed by atoms with van der Waals surface area (Å²) in [5.74, 6) is 2.68. The first-order chi connectivity index (χ1) is 15.5. The smallest absolute Gasteiger partial charge is 0.277 e. The molecule has 1 amide bonds. The summed E-state index contributed by atoms with van der Waals surface area (Å²) in [5, 5.41) is 8.32. The molecule has 2 aromatic carbocycles. The molecule has 9 heteroatoms. The minimum Gasteiger partial charge on any atom is -0.486 e. The molecule has 1 atom stereocenters. The molecule has 1 aliphatic rings. The molecule has 3 aromatic rings. The number of para-hydroxylation sites is 2. The zero-order valence-corrected chi connectivity index (χ0v) is 19.1. The van der Waals surface area contributed by atoms with E-state index in [-0.39, 0.29) is 24.4 Å². The van der Waals surface area contributed by atoms with E-state index >= 15 is 0 Å². The van der Waals surface area contributed by atoms with Crippen molar-refractivity contribution >= 4 is 17.7 Å². The normalized spacial score (nSPS) is 14.8. The van der Waals surface area contributed by atoms with Gasteiger partial charge in [0.05, 0.1) is 12.3 Å². The molecule has 0 saturated heterocycles. The SMILES string of the molecule is Cc1ccc(C)c(OCc2nnc(SCC(=O)N(C)C[C@H]3COc4ccccc4O3)o2)c1. The van der Waals surface area contributed by atoms with Gasteiger partial charge in [-0.25, -0.2) is 0 Å². The van der Waals surface area contributed by atoms with E-state index in [0.717, 1.165) is 22.6 Å². The van der Waals surface area contributed by atoms with Crippen LogP contribution in [0.25, 0.3) is 0 Å². The first-order valence-electron chi connectivity index (χ1n) is 10.3. The van der Waals surface area contributed by atoms with Gasteiger partial charge < -0.3 is 23.5 Å². The van der Waals surface area contributed by atoms with Gasteiger partial charge in [0.25, 0.3) is 11.1 Å². The van der Waals surface area contributed by atoms with Crippen molar-refractivity contribution in [2.75, 3.05) is 26.0 Å². The molecule has 2 heterocycles. The van der Waals surface area contributed by atoms with Gasteiger partial charge >= 0.3 is 0 Å². The number of ether oxygens (including phenoxy) is 3. The van der Waals surface area contributed by atoms with E-state index in [0.29, 0.717) is 30.0 Å². The van der Waals surface area contributed by atoms with E-state index in [1.165, 1.54) is 11.8 Å². The molecule has 4 rings (SSSR count). The topological polar surface area (TPSA) is 86.9 Å². The van der Waals surface area contributed by atoms with Crippen LogP contribution >= 0.6 is 11.8 Å². The van der Waals surface area contributed by atoms with Crippen LogP contribution in [0.3, 0.4) is 0 Å². The van der Waals surface area contributed by atoms with E-state index in [1.807, 2.05) is 56.3 Å². The van der Waals surface area contributed by atoms with Crippen molar-refractivity contribution in [1.29, 1.82) is 0 Å². The Balaban J connectivity index is 1.23. The fraction of sp³-hybridized carbons (Fsp3) is 0.348. The van der Waals surface area contributed by atoms with Gasteiger partial charge in [-0.3, -0.25) is 4.79 Å². The predicted molar refractivity (Wildman–Crippen MR) is 119 cm³/mol. The van der Waals surface area contributed by atoms with E-state index in [9.17, 15) is 4.79 Å². The van der Waals surface area contributed by atoms with Crippen LogP contribution in [0.15, 0.2) is 52.1 Å². The molecule has 8 nitrogen and oxygen atoms in total. The van der Waals surface area contributed by atoms with Crippen molar-refractivity contribution < 1.29 is 23.4 Å². The number of carbonyl (C=O) groups is 1. The second-order valence-corrected chi connectivity index (χ2v) is 8.51. The molecular formula is C23H25N3O5S. The Morgan fingerprint density at radius 1 is 1.19 bits per heavy atom.